The van der Waals surface area contributed by atoms with Crippen LogP contribution in [0.1, 0.15) is 0 Å². The number of imide groups is 1. The van der Waals surface area contributed by atoms with E-state index in [1.807, 2.05) is 0 Å². The molecule has 0 unspecified atom stereocenters. The van der Waals surface area contributed by atoms with Crippen LogP contribution in [-0.4, -0.2) is 25.7 Å². The fourth-order valence-electron chi connectivity index (χ4n) is 0.279. The normalized spacial score (nSPS) is 8.56. The number of nitrogens with two attached hydrogens (primary N) is 1. The SMILES string of the molecule is COCC(=O)[N]C(N)=O. The molecular formula is C4H7N2O3. The number of nitrogens with zero attached hydrogens (tertiary/aromatic N) is 1. The summed E-state index contributed by atoms with van der Waals surface area (Å²) >= 11 is 0. The summed E-state index contributed by atoms with van der Waals surface area (Å²) in [6.45, 7) is -0.205. The van der Waals surface area contributed by atoms with Gasteiger partial charge in [0.15, 0.2) is 0 Å². The van der Waals surface area contributed by atoms with Gasteiger partial charge in [-0.2, -0.15) is 5.32 Å². The molecule has 0 fully saturated rings. The van der Waals surface area contributed by atoms with Crippen LogP contribution < -0.4 is 11.1 Å². The summed E-state index contributed by atoms with van der Waals surface area (Å²) in [5.41, 5.74) is 4.54. The summed E-state index contributed by atoms with van der Waals surface area (Å²) in [6, 6.07) is -0.989. The molecule has 0 saturated carbocycles. The van der Waals surface area contributed by atoms with Gasteiger partial charge in [-0.15, -0.1) is 0 Å². The lowest BCUT2D eigenvalue weighted by Crippen LogP contribution is -2.30. The molecule has 9 heavy (non-hydrogen) atoms. The summed E-state index contributed by atoms with van der Waals surface area (Å²) in [4.78, 5) is 20.1. The van der Waals surface area contributed by atoms with Gasteiger partial charge in [0.2, 0.25) is 0 Å². The van der Waals surface area contributed by atoms with E-state index in [0.717, 1.165) is 0 Å². The van der Waals surface area contributed by atoms with Crippen molar-refractivity contribution in [1.82, 2.24) is 5.32 Å². The Bertz CT molecular complexity index is 123. The number of carbonyl (C=O) groups is 2. The number of ether oxygens (including phenoxy) is 1. The summed E-state index contributed by atoms with van der Waals surface area (Å²) in [5, 5.41) is 2.84. The minimum absolute atomic E-state index is 0.205. The maximum Gasteiger partial charge on any atom is 0.341 e. The van der Waals surface area contributed by atoms with E-state index in [-0.39, 0.29) is 6.61 Å². The fourth-order valence-corrected chi connectivity index (χ4v) is 0.279. The Morgan fingerprint density at radius 3 is 2.56 bits per heavy atom. The zero-order chi connectivity index (χ0) is 7.28. The van der Waals surface area contributed by atoms with Crippen molar-refractivity contribution in [2.24, 2.45) is 5.73 Å². The molecule has 0 aromatic heterocycles. The van der Waals surface area contributed by atoms with Crippen molar-refractivity contribution in [3.05, 3.63) is 0 Å². The second-order valence-corrected chi connectivity index (χ2v) is 1.28. The minimum atomic E-state index is -0.989. The molecule has 0 aliphatic carbocycles. The van der Waals surface area contributed by atoms with Crippen LogP contribution in [0.4, 0.5) is 4.79 Å². The van der Waals surface area contributed by atoms with E-state index in [2.05, 4.69) is 15.8 Å². The number of hydrogen-bond acceptors (Lipinski definition) is 3. The molecule has 3 amide bonds. The van der Waals surface area contributed by atoms with Gasteiger partial charge in [-0.05, 0) is 0 Å². The van der Waals surface area contributed by atoms with Gasteiger partial charge in [0.25, 0.3) is 5.91 Å². The molecule has 0 aliphatic heterocycles. The average Bonchev–Trinajstić information content (AvgIpc) is 1.63. The Morgan fingerprint density at radius 1 is 1.67 bits per heavy atom. The molecule has 0 saturated heterocycles. The van der Waals surface area contributed by atoms with Crippen LogP contribution in [-0.2, 0) is 9.53 Å². The smallest absolute Gasteiger partial charge is 0.341 e. The van der Waals surface area contributed by atoms with Gasteiger partial charge in [0.05, 0.1) is 0 Å². The van der Waals surface area contributed by atoms with Crippen molar-refractivity contribution in [3.8, 4) is 0 Å². The first-order chi connectivity index (χ1) is 4.16. The van der Waals surface area contributed by atoms with Gasteiger partial charge >= 0.3 is 6.03 Å². The lowest BCUT2D eigenvalue weighted by molar-refractivity contribution is -0.123. The lowest BCUT2D eigenvalue weighted by atomic mass is 10.6. The molecule has 0 aromatic carbocycles. The molecular weight excluding hydrogens is 124 g/mol. The minimum Gasteiger partial charge on any atom is -0.375 e. The number of rotatable bonds is 2. The van der Waals surface area contributed by atoms with Crippen molar-refractivity contribution < 1.29 is 14.3 Å². The average molecular weight is 131 g/mol. The predicted octanol–water partition coefficient (Wildman–Crippen LogP) is -1.16. The topological polar surface area (TPSA) is 83.5 Å². The number of carbonyl (C=O) groups excluding carboxylic acids is 2. The van der Waals surface area contributed by atoms with E-state index in [4.69, 9.17) is 0 Å². The van der Waals surface area contributed by atoms with Crippen LogP contribution in [0, 0.1) is 0 Å². The van der Waals surface area contributed by atoms with Gasteiger partial charge in [-0.25, -0.2) is 4.79 Å². The number of hydrogen-bond donors (Lipinski definition) is 1. The van der Waals surface area contributed by atoms with Gasteiger partial charge < -0.3 is 10.5 Å². The van der Waals surface area contributed by atoms with E-state index in [1.54, 1.807) is 0 Å². The monoisotopic (exact) mass is 131 g/mol. The summed E-state index contributed by atoms with van der Waals surface area (Å²) in [7, 11) is 1.33. The Hall–Kier alpha value is -1.10. The fraction of sp³-hybridized carbons (Fsp3) is 0.500. The molecule has 0 heterocycles. The van der Waals surface area contributed by atoms with Crippen LogP contribution >= 0.6 is 0 Å². The molecule has 5 heteroatoms. The lowest BCUT2D eigenvalue weighted by Gasteiger charge is -1.92. The van der Waals surface area contributed by atoms with E-state index in [1.165, 1.54) is 7.11 Å². The maximum absolute atomic E-state index is 10.3. The molecule has 2 N–H and O–H groups in total. The van der Waals surface area contributed by atoms with E-state index >= 15 is 0 Å². The van der Waals surface area contributed by atoms with Crippen LogP contribution in [0.25, 0.3) is 0 Å². The van der Waals surface area contributed by atoms with Crippen molar-refractivity contribution in [3.63, 3.8) is 0 Å². The van der Waals surface area contributed by atoms with E-state index in [9.17, 15) is 9.59 Å². The third-order valence-corrected chi connectivity index (χ3v) is 0.503. The Labute approximate surface area is 52.2 Å². The molecule has 0 aliphatic rings. The first-order valence-electron chi connectivity index (χ1n) is 2.19. The maximum atomic E-state index is 10.3. The number of primary amides is 1. The van der Waals surface area contributed by atoms with Gasteiger partial charge in [0, 0.05) is 7.11 Å². The molecule has 5 nitrogen and oxygen atoms in total. The van der Waals surface area contributed by atoms with Gasteiger partial charge in [-0.1, -0.05) is 0 Å². The highest BCUT2D eigenvalue weighted by Crippen LogP contribution is 1.69. The molecule has 0 bridgehead atoms. The van der Waals surface area contributed by atoms with Crippen molar-refractivity contribution in [2.75, 3.05) is 13.7 Å². The molecule has 1 radical (unpaired) electrons. The molecule has 0 aromatic rings. The Balaban J connectivity index is 3.39. The van der Waals surface area contributed by atoms with Gasteiger partial charge in [-0.3, -0.25) is 4.79 Å². The second kappa shape index (κ2) is 3.85. The third-order valence-electron chi connectivity index (χ3n) is 0.503. The van der Waals surface area contributed by atoms with E-state index in [0.29, 0.717) is 0 Å². The van der Waals surface area contributed by atoms with Crippen molar-refractivity contribution in [2.45, 2.75) is 0 Å². The predicted molar refractivity (Wildman–Crippen MR) is 28.6 cm³/mol. The molecule has 0 spiro atoms. The Morgan fingerprint density at radius 2 is 2.22 bits per heavy atom. The van der Waals surface area contributed by atoms with Crippen LogP contribution in [0.15, 0.2) is 0 Å². The highest BCUT2D eigenvalue weighted by molar-refractivity contribution is 5.93. The largest absolute Gasteiger partial charge is 0.375 e. The second-order valence-electron chi connectivity index (χ2n) is 1.28. The first kappa shape index (κ1) is 7.90. The van der Waals surface area contributed by atoms with Crippen LogP contribution in [0.3, 0.4) is 0 Å². The number of methoxy groups -OCH3 is 1. The van der Waals surface area contributed by atoms with Crippen molar-refractivity contribution >= 4 is 11.9 Å². The zero-order valence-electron chi connectivity index (χ0n) is 4.96. The van der Waals surface area contributed by atoms with E-state index < -0.39 is 11.9 Å². The summed E-state index contributed by atoms with van der Waals surface area (Å²) < 4.78 is 4.35. The standard InChI is InChI=1S/C4H7N2O3/c1-9-2-3(7)6-4(5)8/h2H2,1H3,(H2,5,8). The molecule has 0 rings (SSSR count). The highest BCUT2D eigenvalue weighted by Gasteiger charge is 2.03. The number of urea groups is 1. The quantitative estimate of drug-likeness (QED) is 0.513. The zero-order valence-corrected chi connectivity index (χ0v) is 4.96. The third kappa shape index (κ3) is 4.76. The van der Waals surface area contributed by atoms with Gasteiger partial charge in [0.1, 0.15) is 6.61 Å². The first-order valence-corrected chi connectivity index (χ1v) is 2.19. The van der Waals surface area contributed by atoms with Crippen molar-refractivity contribution in [1.29, 1.82) is 0 Å². The Kier molecular flexibility index (Phi) is 3.38. The summed E-state index contributed by atoms with van der Waals surface area (Å²) in [6.07, 6.45) is 0. The number of amides is 3. The summed E-state index contributed by atoms with van der Waals surface area (Å²) in [5.74, 6) is -0.662. The highest BCUT2D eigenvalue weighted by atomic mass is 16.5. The molecule has 51 valence electrons. The molecule has 0 atom stereocenters. The van der Waals surface area contributed by atoms with Crippen LogP contribution in [0.2, 0.25) is 0 Å². The van der Waals surface area contributed by atoms with Crippen LogP contribution in [0.5, 0.6) is 0 Å².